The van der Waals surface area contributed by atoms with Crippen molar-refractivity contribution in [2.75, 3.05) is 6.61 Å². The van der Waals surface area contributed by atoms with Crippen LogP contribution < -0.4 is 0 Å². The Morgan fingerprint density at radius 3 is 2.33 bits per heavy atom. The SMILES string of the molecule is OCC(O)C(O)c1cc(F)c(Br)cc1F. The minimum atomic E-state index is -1.66. The van der Waals surface area contributed by atoms with Gasteiger partial charge in [-0.15, -0.1) is 0 Å². The van der Waals surface area contributed by atoms with Gasteiger partial charge in [0.2, 0.25) is 0 Å². The van der Waals surface area contributed by atoms with E-state index >= 15 is 0 Å². The predicted octanol–water partition coefficient (Wildman–Crippen LogP) is 1.11. The first-order valence-corrected chi connectivity index (χ1v) is 4.88. The summed E-state index contributed by atoms with van der Waals surface area (Å²) in [5.74, 6) is -1.61. The standard InChI is InChI=1S/C9H9BrF2O3/c10-5-2-6(11)4(1-7(5)12)9(15)8(14)3-13/h1-2,8-9,13-15H,3H2. The Morgan fingerprint density at radius 1 is 1.20 bits per heavy atom. The van der Waals surface area contributed by atoms with Gasteiger partial charge < -0.3 is 15.3 Å². The Morgan fingerprint density at radius 2 is 1.80 bits per heavy atom. The van der Waals surface area contributed by atoms with Crippen molar-refractivity contribution in [3.8, 4) is 0 Å². The first-order chi connectivity index (χ1) is 6.97. The molecule has 84 valence electrons. The topological polar surface area (TPSA) is 60.7 Å². The smallest absolute Gasteiger partial charge is 0.137 e. The molecule has 6 heteroatoms. The van der Waals surface area contributed by atoms with Crippen LogP contribution in [-0.2, 0) is 0 Å². The monoisotopic (exact) mass is 282 g/mol. The van der Waals surface area contributed by atoms with Crippen molar-refractivity contribution in [3.05, 3.63) is 33.8 Å². The van der Waals surface area contributed by atoms with Gasteiger partial charge in [-0.3, -0.25) is 0 Å². The molecule has 0 fully saturated rings. The fraction of sp³-hybridized carbons (Fsp3) is 0.333. The zero-order valence-electron chi connectivity index (χ0n) is 7.49. The summed E-state index contributed by atoms with van der Waals surface area (Å²) in [5.41, 5.74) is -0.391. The van der Waals surface area contributed by atoms with E-state index in [0.29, 0.717) is 0 Å². The van der Waals surface area contributed by atoms with Gasteiger partial charge in [-0.2, -0.15) is 0 Å². The second-order valence-corrected chi connectivity index (χ2v) is 3.84. The third kappa shape index (κ3) is 2.72. The molecular formula is C9H9BrF2O3. The van der Waals surface area contributed by atoms with Crippen molar-refractivity contribution in [2.45, 2.75) is 12.2 Å². The van der Waals surface area contributed by atoms with Crippen LogP contribution in [0.5, 0.6) is 0 Å². The summed E-state index contributed by atoms with van der Waals surface area (Å²) in [4.78, 5) is 0. The van der Waals surface area contributed by atoms with E-state index in [1.54, 1.807) is 0 Å². The molecule has 1 aromatic rings. The maximum absolute atomic E-state index is 13.2. The fourth-order valence-electron chi connectivity index (χ4n) is 1.07. The van der Waals surface area contributed by atoms with Crippen molar-refractivity contribution in [1.29, 1.82) is 0 Å². The van der Waals surface area contributed by atoms with Gasteiger partial charge in [-0.1, -0.05) is 0 Å². The largest absolute Gasteiger partial charge is 0.394 e. The van der Waals surface area contributed by atoms with E-state index in [2.05, 4.69) is 15.9 Å². The highest BCUT2D eigenvalue weighted by atomic mass is 79.9. The molecule has 0 aliphatic carbocycles. The summed E-state index contributed by atoms with van der Waals surface area (Å²) < 4.78 is 26.2. The van der Waals surface area contributed by atoms with Crippen LogP contribution in [0, 0.1) is 11.6 Å². The van der Waals surface area contributed by atoms with E-state index in [1.165, 1.54) is 0 Å². The Bertz CT molecular complexity index is 359. The fourth-order valence-corrected chi connectivity index (χ4v) is 1.39. The van der Waals surface area contributed by atoms with Crippen LogP contribution in [0.3, 0.4) is 0 Å². The van der Waals surface area contributed by atoms with Crippen molar-refractivity contribution in [3.63, 3.8) is 0 Å². The van der Waals surface area contributed by atoms with Crippen molar-refractivity contribution in [1.82, 2.24) is 0 Å². The molecule has 0 aliphatic rings. The van der Waals surface area contributed by atoms with Gasteiger partial charge in [0.05, 0.1) is 11.1 Å². The third-order valence-corrected chi connectivity index (χ3v) is 2.52. The molecule has 0 saturated heterocycles. The van der Waals surface area contributed by atoms with E-state index in [0.717, 1.165) is 12.1 Å². The molecule has 3 N–H and O–H groups in total. The second kappa shape index (κ2) is 4.98. The molecule has 0 saturated carbocycles. The first-order valence-electron chi connectivity index (χ1n) is 4.08. The summed E-state index contributed by atoms with van der Waals surface area (Å²) >= 11 is 2.77. The van der Waals surface area contributed by atoms with Crippen LogP contribution in [0.1, 0.15) is 11.7 Å². The van der Waals surface area contributed by atoms with Crippen LogP contribution in [0.2, 0.25) is 0 Å². The van der Waals surface area contributed by atoms with Gasteiger partial charge in [-0.05, 0) is 28.1 Å². The van der Waals surface area contributed by atoms with E-state index in [-0.39, 0.29) is 4.47 Å². The summed E-state index contributed by atoms with van der Waals surface area (Å²) in [6, 6.07) is 1.61. The highest BCUT2D eigenvalue weighted by Crippen LogP contribution is 2.25. The van der Waals surface area contributed by atoms with Crippen molar-refractivity contribution in [2.24, 2.45) is 0 Å². The quantitative estimate of drug-likeness (QED) is 0.728. The highest BCUT2D eigenvalue weighted by molar-refractivity contribution is 9.10. The molecule has 0 aliphatic heterocycles. The van der Waals surface area contributed by atoms with Gasteiger partial charge in [0.15, 0.2) is 0 Å². The van der Waals surface area contributed by atoms with Gasteiger partial charge in [0.1, 0.15) is 23.8 Å². The second-order valence-electron chi connectivity index (χ2n) is 2.98. The minimum Gasteiger partial charge on any atom is -0.394 e. The molecule has 0 aromatic heterocycles. The number of benzene rings is 1. The average molecular weight is 283 g/mol. The maximum atomic E-state index is 13.2. The highest BCUT2D eigenvalue weighted by Gasteiger charge is 2.22. The predicted molar refractivity (Wildman–Crippen MR) is 52.1 cm³/mol. The lowest BCUT2D eigenvalue weighted by molar-refractivity contribution is -0.0169. The molecule has 2 atom stereocenters. The Hall–Kier alpha value is -0.560. The van der Waals surface area contributed by atoms with Gasteiger partial charge in [0.25, 0.3) is 0 Å². The lowest BCUT2D eigenvalue weighted by atomic mass is 10.0. The van der Waals surface area contributed by atoms with Crippen molar-refractivity contribution < 1.29 is 24.1 Å². The van der Waals surface area contributed by atoms with Gasteiger partial charge >= 0.3 is 0 Å². The van der Waals surface area contributed by atoms with E-state index < -0.39 is 36.0 Å². The molecule has 0 spiro atoms. The summed E-state index contributed by atoms with van der Waals surface area (Å²) in [5, 5.41) is 27.0. The Labute approximate surface area is 93.1 Å². The van der Waals surface area contributed by atoms with E-state index in [4.69, 9.17) is 10.2 Å². The molecule has 0 heterocycles. The van der Waals surface area contributed by atoms with Crippen LogP contribution in [-0.4, -0.2) is 28.0 Å². The lowest BCUT2D eigenvalue weighted by Gasteiger charge is -2.16. The molecule has 15 heavy (non-hydrogen) atoms. The number of aliphatic hydroxyl groups is 3. The third-order valence-electron chi connectivity index (χ3n) is 1.91. The van der Waals surface area contributed by atoms with Crippen LogP contribution in [0.25, 0.3) is 0 Å². The van der Waals surface area contributed by atoms with Crippen molar-refractivity contribution >= 4 is 15.9 Å². The molecule has 0 radical (unpaired) electrons. The van der Waals surface area contributed by atoms with Crippen LogP contribution in [0.15, 0.2) is 16.6 Å². The van der Waals surface area contributed by atoms with Crippen LogP contribution >= 0.6 is 15.9 Å². The number of hydrogen-bond acceptors (Lipinski definition) is 3. The minimum absolute atomic E-state index is 0.0746. The van der Waals surface area contributed by atoms with E-state index in [1.807, 2.05) is 0 Å². The average Bonchev–Trinajstić information content (AvgIpc) is 2.21. The Kier molecular flexibility index (Phi) is 4.15. The maximum Gasteiger partial charge on any atom is 0.137 e. The van der Waals surface area contributed by atoms with Gasteiger partial charge in [0, 0.05) is 5.56 Å². The molecule has 0 amide bonds. The summed E-state index contributed by atoms with van der Waals surface area (Å²) in [7, 11) is 0. The number of halogens is 3. The molecule has 1 aromatic carbocycles. The zero-order chi connectivity index (χ0) is 11.6. The molecule has 0 bridgehead atoms. The number of rotatable bonds is 3. The van der Waals surface area contributed by atoms with E-state index in [9.17, 15) is 13.9 Å². The van der Waals surface area contributed by atoms with Crippen LogP contribution in [0.4, 0.5) is 8.78 Å². The molecular weight excluding hydrogens is 274 g/mol. The normalized spacial score (nSPS) is 15.1. The zero-order valence-corrected chi connectivity index (χ0v) is 9.08. The molecule has 2 unspecified atom stereocenters. The van der Waals surface area contributed by atoms with Gasteiger partial charge in [-0.25, -0.2) is 8.78 Å². The number of hydrogen-bond donors (Lipinski definition) is 3. The Balaban J connectivity index is 3.09. The number of aliphatic hydroxyl groups excluding tert-OH is 3. The first kappa shape index (κ1) is 12.5. The summed E-state index contributed by atoms with van der Waals surface area (Å²) in [6.07, 6.45) is -3.20. The summed E-state index contributed by atoms with van der Waals surface area (Å²) in [6.45, 7) is -0.738. The lowest BCUT2D eigenvalue weighted by Crippen LogP contribution is -2.23. The molecule has 1 rings (SSSR count). The molecule has 3 nitrogen and oxygen atoms in total.